The molecule has 4 atom stereocenters. The molecule has 0 amide bonds. The van der Waals surface area contributed by atoms with Gasteiger partial charge in [0.25, 0.3) is 0 Å². The molecule has 0 saturated carbocycles. The van der Waals surface area contributed by atoms with Crippen molar-refractivity contribution in [3.05, 3.63) is 0 Å². The minimum atomic E-state index is -1.68. The number of rotatable bonds is 4. The molecule has 0 radical (unpaired) electrons. The van der Waals surface area contributed by atoms with Crippen molar-refractivity contribution in [2.75, 3.05) is 13.2 Å². The number of hydrogen-bond acceptors (Lipinski definition) is 3. The lowest BCUT2D eigenvalue weighted by Crippen LogP contribution is -2.44. The van der Waals surface area contributed by atoms with Gasteiger partial charge in [-0.3, -0.25) is 0 Å². The fraction of sp³-hybridized carbons (Fsp3) is 1.00. The number of hydrogen-bond donors (Lipinski definition) is 1. The summed E-state index contributed by atoms with van der Waals surface area (Å²) in [6, 6.07) is 0. The number of aliphatic hydroxyl groups excluding tert-OH is 1. The molecule has 2 aliphatic rings. The Balaban J connectivity index is 1.94. The van der Waals surface area contributed by atoms with Crippen LogP contribution in [-0.4, -0.2) is 38.8 Å². The highest BCUT2D eigenvalue weighted by molar-refractivity contribution is 6.74. The van der Waals surface area contributed by atoms with E-state index >= 15 is 0 Å². The van der Waals surface area contributed by atoms with Crippen molar-refractivity contribution in [2.45, 2.75) is 64.0 Å². The molecular weight excluding hydrogens is 244 g/mol. The Morgan fingerprint density at radius 3 is 2.22 bits per heavy atom. The third-order valence-electron chi connectivity index (χ3n) is 5.24. The average Bonchev–Trinajstić information content (AvgIpc) is 2.84. The fourth-order valence-electron chi connectivity index (χ4n) is 2.88. The van der Waals surface area contributed by atoms with Crippen molar-refractivity contribution in [1.29, 1.82) is 0 Å². The Kier molecular flexibility index (Phi) is 3.94. The molecule has 2 aliphatic heterocycles. The van der Waals surface area contributed by atoms with E-state index in [-0.39, 0.29) is 17.7 Å². The lowest BCUT2D eigenvalue weighted by atomic mass is 9.80. The maximum atomic E-state index is 9.52. The average molecular weight is 272 g/mol. The normalized spacial score (nSPS) is 36.3. The van der Waals surface area contributed by atoms with Gasteiger partial charge in [-0.25, -0.2) is 0 Å². The zero-order valence-electron chi connectivity index (χ0n) is 12.4. The molecule has 2 heterocycles. The molecule has 0 aromatic rings. The molecule has 0 spiro atoms. The topological polar surface area (TPSA) is 38.7 Å². The minimum Gasteiger partial charge on any atom is -0.416 e. The first-order valence-electron chi connectivity index (χ1n) is 7.16. The van der Waals surface area contributed by atoms with Crippen LogP contribution in [0.1, 0.15) is 33.6 Å². The van der Waals surface area contributed by atoms with Gasteiger partial charge in [-0.2, -0.15) is 0 Å². The Bertz CT molecular complexity index is 298. The predicted molar refractivity (Wildman–Crippen MR) is 75.1 cm³/mol. The molecule has 0 aromatic heterocycles. The SMILES string of the molecule is CC(C)(C)[Si](C)(C)OCC1C2CCC(O2)C1CO. The van der Waals surface area contributed by atoms with Gasteiger partial charge >= 0.3 is 0 Å². The maximum absolute atomic E-state index is 9.52. The number of aliphatic hydroxyl groups is 1. The largest absolute Gasteiger partial charge is 0.416 e. The van der Waals surface area contributed by atoms with E-state index in [9.17, 15) is 5.11 Å². The molecule has 0 aliphatic carbocycles. The molecule has 4 heteroatoms. The van der Waals surface area contributed by atoms with Gasteiger partial charge in [-0.1, -0.05) is 20.8 Å². The van der Waals surface area contributed by atoms with Crippen LogP contribution in [0.25, 0.3) is 0 Å². The third kappa shape index (κ3) is 2.53. The quantitative estimate of drug-likeness (QED) is 0.800. The summed E-state index contributed by atoms with van der Waals surface area (Å²) in [6.45, 7) is 12.4. The van der Waals surface area contributed by atoms with E-state index < -0.39 is 8.32 Å². The highest BCUT2D eigenvalue weighted by Gasteiger charge is 2.49. The van der Waals surface area contributed by atoms with Crippen molar-refractivity contribution < 1.29 is 14.3 Å². The number of ether oxygens (including phenoxy) is 1. The predicted octanol–water partition coefficient (Wildman–Crippen LogP) is 2.79. The molecular formula is C14H28O3Si. The van der Waals surface area contributed by atoms with Crippen molar-refractivity contribution in [3.63, 3.8) is 0 Å². The monoisotopic (exact) mass is 272 g/mol. The summed E-state index contributed by atoms with van der Waals surface area (Å²) in [7, 11) is -1.68. The van der Waals surface area contributed by atoms with E-state index in [1.54, 1.807) is 0 Å². The Labute approximate surface area is 112 Å². The van der Waals surface area contributed by atoms with Gasteiger partial charge in [0.15, 0.2) is 8.32 Å². The zero-order chi connectivity index (χ0) is 13.6. The minimum absolute atomic E-state index is 0.243. The molecule has 2 fully saturated rings. The van der Waals surface area contributed by atoms with Crippen LogP contribution in [0.4, 0.5) is 0 Å². The first-order chi connectivity index (χ1) is 8.26. The molecule has 18 heavy (non-hydrogen) atoms. The fourth-order valence-corrected chi connectivity index (χ4v) is 3.92. The van der Waals surface area contributed by atoms with E-state index in [0.29, 0.717) is 17.9 Å². The van der Waals surface area contributed by atoms with Gasteiger partial charge in [-0.15, -0.1) is 0 Å². The first kappa shape index (κ1) is 14.5. The molecule has 3 nitrogen and oxygen atoms in total. The summed E-state index contributed by atoms with van der Waals surface area (Å²) >= 11 is 0. The second-order valence-corrected chi connectivity index (χ2v) is 12.2. The van der Waals surface area contributed by atoms with Crippen molar-refractivity contribution >= 4 is 8.32 Å². The molecule has 2 rings (SSSR count). The highest BCUT2D eigenvalue weighted by Crippen LogP contribution is 2.44. The van der Waals surface area contributed by atoms with Gasteiger partial charge in [0.2, 0.25) is 0 Å². The molecule has 4 unspecified atom stereocenters. The second-order valence-electron chi connectivity index (χ2n) is 7.37. The van der Waals surface area contributed by atoms with Gasteiger partial charge in [0.05, 0.1) is 12.2 Å². The smallest absolute Gasteiger partial charge is 0.191 e. The zero-order valence-corrected chi connectivity index (χ0v) is 13.4. The van der Waals surface area contributed by atoms with Crippen LogP contribution in [0, 0.1) is 11.8 Å². The summed E-state index contributed by atoms with van der Waals surface area (Å²) in [5, 5.41) is 9.77. The summed E-state index contributed by atoms with van der Waals surface area (Å²) < 4.78 is 12.2. The first-order valence-corrected chi connectivity index (χ1v) is 10.1. The third-order valence-corrected chi connectivity index (χ3v) is 9.74. The Hall–Kier alpha value is 0.0969. The van der Waals surface area contributed by atoms with Crippen LogP contribution < -0.4 is 0 Å². The maximum Gasteiger partial charge on any atom is 0.191 e. The van der Waals surface area contributed by atoms with Gasteiger partial charge in [-0.05, 0) is 31.0 Å². The molecule has 0 aromatic carbocycles. The van der Waals surface area contributed by atoms with Gasteiger partial charge in [0, 0.05) is 25.0 Å². The van der Waals surface area contributed by atoms with Crippen LogP contribution in [0.3, 0.4) is 0 Å². The molecule has 2 saturated heterocycles. The van der Waals surface area contributed by atoms with Crippen LogP contribution in [0.5, 0.6) is 0 Å². The van der Waals surface area contributed by atoms with Crippen LogP contribution in [-0.2, 0) is 9.16 Å². The highest BCUT2D eigenvalue weighted by atomic mass is 28.4. The Morgan fingerprint density at radius 1 is 1.17 bits per heavy atom. The van der Waals surface area contributed by atoms with Gasteiger partial charge < -0.3 is 14.3 Å². The lowest BCUT2D eigenvalue weighted by Gasteiger charge is -2.38. The van der Waals surface area contributed by atoms with Crippen LogP contribution in [0.2, 0.25) is 18.1 Å². The molecule has 2 bridgehead atoms. The van der Waals surface area contributed by atoms with E-state index in [4.69, 9.17) is 9.16 Å². The summed E-state index contributed by atoms with van der Waals surface area (Å²) in [5.74, 6) is 0.705. The van der Waals surface area contributed by atoms with Crippen molar-refractivity contribution in [2.24, 2.45) is 11.8 Å². The van der Waals surface area contributed by atoms with E-state index in [2.05, 4.69) is 33.9 Å². The van der Waals surface area contributed by atoms with E-state index in [0.717, 1.165) is 19.4 Å². The van der Waals surface area contributed by atoms with E-state index in [1.807, 2.05) is 0 Å². The molecule has 1 N–H and O–H groups in total. The lowest BCUT2D eigenvalue weighted by molar-refractivity contribution is 0.0768. The van der Waals surface area contributed by atoms with Gasteiger partial charge in [0.1, 0.15) is 0 Å². The Morgan fingerprint density at radius 2 is 1.72 bits per heavy atom. The second kappa shape index (κ2) is 4.89. The van der Waals surface area contributed by atoms with Crippen molar-refractivity contribution in [1.82, 2.24) is 0 Å². The van der Waals surface area contributed by atoms with Crippen LogP contribution >= 0.6 is 0 Å². The van der Waals surface area contributed by atoms with Crippen LogP contribution in [0.15, 0.2) is 0 Å². The standard InChI is InChI=1S/C14H28O3Si/c1-14(2,3)18(4,5)16-9-11-10(8-15)12-6-7-13(11)17-12/h10-13,15H,6-9H2,1-5H3. The van der Waals surface area contributed by atoms with Crippen molar-refractivity contribution in [3.8, 4) is 0 Å². The number of fused-ring (bicyclic) bond motifs is 2. The molecule has 106 valence electrons. The van der Waals surface area contributed by atoms with E-state index in [1.165, 1.54) is 0 Å². The summed E-state index contributed by atoms with van der Waals surface area (Å²) in [4.78, 5) is 0. The summed E-state index contributed by atoms with van der Waals surface area (Å²) in [5.41, 5.74) is 0. The summed E-state index contributed by atoms with van der Waals surface area (Å²) in [6.07, 6.45) is 2.88.